The van der Waals surface area contributed by atoms with Gasteiger partial charge < -0.3 is 29.7 Å². The predicted octanol–water partition coefficient (Wildman–Crippen LogP) is 1.43. The quantitative estimate of drug-likeness (QED) is 0.184. The molecule has 2 fully saturated rings. The maximum atomic E-state index is 14.5. The van der Waals surface area contributed by atoms with Crippen molar-refractivity contribution < 1.29 is 36.7 Å². The van der Waals surface area contributed by atoms with E-state index in [9.17, 15) is 27.8 Å². The van der Waals surface area contributed by atoms with Crippen LogP contribution in [0.2, 0.25) is 0 Å². The van der Waals surface area contributed by atoms with Crippen LogP contribution in [-0.4, -0.2) is 90.1 Å². The van der Waals surface area contributed by atoms with Crippen molar-refractivity contribution in [2.24, 2.45) is 11.1 Å². The first-order chi connectivity index (χ1) is 21.6. The van der Waals surface area contributed by atoms with Crippen molar-refractivity contribution in [1.82, 2.24) is 14.5 Å². The number of aliphatic hydroxyl groups is 2. The number of fused-ring (bicyclic) bond motifs is 1. The van der Waals surface area contributed by atoms with E-state index in [0.29, 0.717) is 30.7 Å². The van der Waals surface area contributed by atoms with Crippen LogP contribution in [0.4, 0.5) is 15.9 Å². The molecule has 0 amide bonds. The highest BCUT2D eigenvalue weighted by atomic mass is 32.2. The molecule has 5 N–H and O–H groups in total. The third kappa shape index (κ3) is 6.83. The number of nitrogens with two attached hydrogens (primary N) is 1. The molecule has 0 unspecified atom stereocenters. The summed E-state index contributed by atoms with van der Waals surface area (Å²) in [6.45, 7) is 2.92. The lowest BCUT2D eigenvalue weighted by molar-refractivity contribution is 0.00778. The lowest BCUT2D eigenvalue weighted by Gasteiger charge is -2.29. The standard InChI is InChI=1S/C30H33FN6O7S/c31-20-4-5-26-22(12-20)24(15-37(26)14-18-2-1-3-21(10-18)36-6-8-43-9-7-36)28(39)23-13-33-17-34-30(23)35-25-11-19(27(38)29(25)40)16-44-45(32,41)42/h1-5,10,12-13,15,17,19,25,27,29,38,40H,6-9,11,14,16H2,(H2,32,41,42)(H,33,34,35)/t19-,25-,27-,29+/m1/s1. The first-order valence-electron chi connectivity index (χ1n) is 14.4. The zero-order chi connectivity index (χ0) is 31.7. The first kappa shape index (κ1) is 31.0. The van der Waals surface area contributed by atoms with Crippen molar-refractivity contribution in [2.75, 3.05) is 43.1 Å². The molecule has 238 valence electrons. The lowest BCUT2D eigenvalue weighted by Crippen LogP contribution is -2.36. The molecule has 1 saturated heterocycles. The number of carbonyl (C=O) groups excluding carboxylic acids is 1. The molecule has 0 bridgehead atoms. The van der Waals surface area contributed by atoms with Crippen LogP contribution in [-0.2, 0) is 25.8 Å². The van der Waals surface area contributed by atoms with Gasteiger partial charge >= 0.3 is 10.3 Å². The highest BCUT2D eigenvalue weighted by molar-refractivity contribution is 7.84. The molecule has 45 heavy (non-hydrogen) atoms. The number of nitrogens with one attached hydrogen (secondary N) is 1. The Morgan fingerprint density at radius 2 is 1.93 bits per heavy atom. The Hall–Kier alpha value is -3.99. The van der Waals surface area contributed by atoms with E-state index in [0.717, 1.165) is 24.3 Å². The number of nitrogens with zero attached hydrogens (tertiary/aromatic N) is 4. The van der Waals surface area contributed by atoms with Crippen molar-refractivity contribution >= 4 is 38.5 Å². The summed E-state index contributed by atoms with van der Waals surface area (Å²) in [7, 11) is -4.24. The van der Waals surface area contributed by atoms with Crippen LogP contribution in [0.1, 0.15) is 27.9 Å². The summed E-state index contributed by atoms with van der Waals surface area (Å²) < 4.78 is 48.9. The molecule has 0 radical (unpaired) electrons. The second kappa shape index (κ2) is 12.8. The number of carbonyl (C=O) groups is 1. The largest absolute Gasteiger partial charge is 0.390 e. The van der Waals surface area contributed by atoms with Crippen LogP contribution in [0.3, 0.4) is 0 Å². The molecule has 15 heteroatoms. The van der Waals surface area contributed by atoms with Gasteiger partial charge in [-0.05, 0) is 42.3 Å². The number of hydrogen-bond acceptors (Lipinski definition) is 11. The molecule has 1 aliphatic carbocycles. The van der Waals surface area contributed by atoms with Crippen LogP contribution < -0.4 is 15.4 Å². The van der Waals surface area contributed by atoms with Crippen molar-refractivity contribution in [3.63, 3.8) is 0 Å². The molecule has 2 aliphatic rings. The number of halogens is 1. The number of ether oxygens (including phenoxy) is 1. The zero-order valence-corrected chi connectivity index (χ0v) is 24.9. The Morgan fingerprint density at radius 3 is 2.71 bits per heavy atom. The molecular weight excluding hydrogens is 607 g/mol. The Balaban J connectivity index is 1.27. The average molecular weight is 641 g/mol. The van der Waals surface area contributed by atoms with Gasteiger partial charge in [0.15, 0.2) is 5.78 Å². The minimum Gasteiger partial charge on any atom is -0.390 e. The number of aliphatic hydroxyl groups excluding tert-OH is 2. The fraction of sp³-hybridized carbons (Fsp3) is 0.367. The molecule has 0 spiro atoms. The zero-order valence-electron chi connectivity index (χ0n) is 24.1. The molecular formula is C30H33FN6O7S. The Kier molecular flexibility index (Phi) is 8.81. The van der Waals surface area contributed by atoms with E-state index in [1.807, 2.05) is 22.8 Å². The van der Waals surface area contributed by atoms with E-state index >= 15 is 0 Å². The Bertz CT molecular complexity index is 1810. The van der Waals surface area contributed by atoms with Crippen molar-refractivity contribution in [3.8, 4) is 0 Å². The number of rotatable bonds is 10. The minimum absolute atomic E-state index is 0.0704. The summed E-state index contributed by atoms with van der Waals surface area (Å²) in [5, 5.41) is 29.4. The molecule has 13 nitrogen and oxygen atoms in total. The van der Waals surface area contributed by atoms with Gasteiger partial charge in [0.2, 0.25) is 0 Å². The van der Waals surface area contributed by atoms with Gasteiger partial charge in [-0.15, -0.1) is 0 Å². The second-order valence-corrected chi connectivity index (χ2v) is 12.4. The van der Waals surface area contributed by atoms with E-state index < -0.39 is 52.7 Å². The highest BCUT2D eigenvalue weighted by Gasteiger charge is 2.42. The van der Waals surface area contributed by atoms with Crippen LogP contribution in [0.15, 0.2) is 61.2 Å². The molecule has 2 aromatic carbocycles. The fourth-order valence-corrected chi connectivity index (χ4v) is 6.36. The summed E-state index contributed by atoms with van der Waals surface area (Å²) in [5.41, 5.74) is 3.04. The van der Waals surface area contributed by atoms with Gasteiger partial charge in [-0.3, -0.25) is 8.98 Å². The smallest absolute Gasteiger partial charge is 0.333 e. The highest BCUT2D eigenvalue weighted by Crippen LogP contribution is 2.32. The van der Waals surface area contributed by atoms with E-state index in [1.165, 1.54) is 24.7 Å². The number of aromatic nitrogens is 3. The molecule has 6 rings (SSSR count). The Morgan fingerprint density at radius 1 is 1.13 bits per heavy atom. The maximum absolute atomic E-state index is 14.5. The number of benzene rings is 2. The number of hydrogen-bond donors (Lipinski definition) is 4. The molecule has 4 atom stereocenters. The van der Waals surface area contributed by atoms with E-state index in [1.54, 1.807) is 12.3 Å². The van der Waals surface area contributed by atoms with Crippen molar-refractivity contribution in [3.05, 3.63) is 83.7 Å². The maximum Gasteiger partial charge on any atom is 0.333 e. The van der Waals surface area contributed by atoms with E-state index in [-0.39, 0.29) is 23.4 Å². The second-order valence-electron chi connectivity index (χ2n) is 11.2. The summed E-state index contributed by atoms with van der Waals surface area (Å²) >= 11 is 0. The monoisotopic (exact) mass is 640 g/mol. The number of morpholine rings is 1. The SMILES string of the molecule is NS(=O)(=O)OC[C@H]1C[C@@H](Nc2ncncc2C(=O)c2cn(Cc3cccc(N4CCOCC4)c3)c3ccc(F)cc23)[C@H](O)[C@@H]1O. The predicted molar refractivity (Wildman–Crippen MR) is 163 cm³/mol. The van der Waals surface area contributed by atoms with Gasteiger partial charge in [0.05, 0.1) is 37.5 Å². The third-order valence-electron chi connectivity index (χ3n) is 8.25. The molecule has 1 aliphatic heterocycles. The van der Waals surface area contributed by atoms with Gasteiger partial charge in [-0.2, -0.15) is 8.42 Å². The van der Waals surface area contributed by atoms with Crippen LogP contribution >= 0.6 is 0 Å². The number of ketones is 1. The van der Waals surface area contributed by atoms with E-state index in [4.69, 9.17) is 9.88 Å². The Labute approximate surface area is 258 Å². The van der Waals surface area contributed by atoms with Crippen LogP contribution in [0.25, 0.3) is 10.9 Å². The van der Waals surface area contributed by atoms with Gasteiger partial charge in [0.25, 0.3) is 0 Å². The lowest BCUT2D eigenvalue weighted by atomic mass is 10.0. The summed E-state index contributed by atoms with van der Waals surface area (Å²) in [5.74, 6) is -1.63. The topological polar surface area (TPSA) is 182 Å². The van der Waals surface area contributed by atoms with Crippen LogP contribution in [0, 0.1) is 11.7 Å². The van der Waals surface area contributed by atoms with Gasteiger partial charge in [-0.1, -0.05) is 12.1 Å². The van der Waals surface area contributed by atoms with Crippen LogP contribution in [0.5, 0.6) is 0 Å². The molecule has 2 aromatic heterocycles. The molecule has 1 saturated carbocycles. The average Bonchev–Trinajstić information content (AvgIpc) is 3.51. The summed E-state index contributed by atoms with van der Waals surface area (Å²) in [6.07, 6.45) is 1.70. The fourth-order valence-electron chi connectivity index (χ4n) is 6.00. The van der Waals surface area contributed by atoms with E-state index in [2.05, 4.69) is 30.4 Å². The molecule has 4 aromatic rings. The number of anilines is 2. The summed E-state index contributed by atoms with van der Waals surface area (Å²) in [4.78, 5) is 24.5. The minimum atomic E-state index is -4.24. The van der Waals surface area contributed by atoms with Crippen molar-refractivity contribution in [2.45, 2.75) is 31.2 Å². The van der Waals surface area contributed by atoms with Crippen molar-refractivity contribution in [1.29, 1.82) is 0 Å². The van der Waals surface area contributed by atoms with Gasteiger partial charge in [0.1, 0.15) is 24.1 Å². The van der Waals surface area contributed by atoms with Gasteiger partial charge in [0, 0.05) is 60.1 Å². The summed E-state index contributed by atoms with van der Waals surface area (Å²) in [6, 6.07) is 11.6. The normalized spacial score (nSPS) is 22.2. The third-order valence-corrected chi connectivity index (χ3v) is 8.72. The molecule has 3 heterocycles. The first-order valence-corrected chi connectivity index (χ1v) is 15.9. The van der Waals surface area contributed by atoms with Gasteiger partial charge in [-0.25, -0.2) is 19.5 Å².